The van der Waals surface area contributed by atoms with Crippen molar-refractivity contribution in [2.24, 2.45) is 5.92 Å². The molecule has 6 heteroatoms. The van der Waals surface area contributed by atoms with Gasteiger partial charge in [0.05, 0.1) is 12.2 Å². The Balaban J connectivity index is 1.31. The lowest BCUT2D eigenvalue weighted by Gasteiger charge is -2.32. The van der Waals surface area contributed by atoms with E-state index in [0.717, 1.165) is 73.4 Å². The van der Waals surface area contributed by atoms with Gasteiger partial charge in [-0.15, -0.1) is 0 Å². The molecule has 1 fully saturated rings. The highest BCUT2D eigenvalue weighted by Crippen LogP contribution is 2.30. The van der Waals surface area contributed by atoms with Gasteiger partial charge in [-0.3, -0.25) is 9.59 Å². The summed E-state index contributed by atoms with van der Waals surface area (Å²) in [5.41, 5.74) is 5.02. The second kappa shape index (κ2) is 11.0. The van der Waals surface area contributed by atoms with Crippen LogP contribution in [0.1, 0.15) is 60.6 Å². The molecule has 0 radical (unpaired) electrons. The number of aromatic nitrogens is 2. The van der Waals surface area contributed by atoms with Crippen molar-refractivity contribution in [3.05, 3.63) is 77.7 Å². The minimum Gasteiger partial charge on any atom is -0.356 e. The van der Waals surface area contributed by atoms with E-state index in [9.17, 15) is 9.59 Å². The van der Waals surface area contributed by atoms with Crippen molar-refractivity contribution in [2.45, 2.75) is 52.0 Å². The maximum absolute atomic E-state index is 13.4. The molecule has 1 unspecified atom stereocenters. The molecule has 2 aliphatic rings. The van der Waals surface area contributed by atoms with Gasteiger partial charge in [-0.25, -0.2) is 9.97 Å². The Labute approximate surface area is 213 Å². The molecule has 1 amide bonds. The van der Waals surface area contributed by atoms with Gasteiger partial charge in [0.1, 0.15) is 17.9 Å². The first-order valence-corrected chi connectivity index (χ1v) is 13.2. The number of Topliss-reactive ketones (excluding diaryl/α,β-unsaturated/α-hetero) is 1. The zero-order chi connectivity index (χ0) is 24.9. The molecule has 1 atom stereocenters. The summed E-state index contributed by atoms with van der Waals surface area (Å²) < 4.78 is 0. The fourth-order valence-corrected chi connectivity index (χ4v) is 5.47. The monoisotopic (exact) mass is 482 g/mol. The maximum atomic E-state index is 13.4. The number of benzene rings is 2. The molecule has 0 saturated carbocycles. The Hall–Kier alpha value is -3.54. The number of nitrogens with zero attached hydrogens (tertiary/aromatic N) is 4. The third-order valence-corrected chi connectivity index (χ3v) is 7.48. The van der Waals surface area contributed by atoms with Gasteiger partial charge < -0.3 is 9.80 Å². The summed E-state index contributed by atoms with van der Waals surface area (Å²) in [6.45, 7) is 4.93. The molecule has 1 aromatic heterocycles. The first-order valence-electron chi connectivity index (χ1n) is 13.2. The number of ketones is 1. The summed E-state index contributed by atoms with van der Waals surface area (Å²) in [4.78, 5) is 39.3. The van der Waals surface area contributed by atoms with Crippen LogP contribution in [0.2, 0.25) is 0 Å². The fourth-order valence-electron chi connectivity index (χ4n) is 5.47. The van der Waals surface area contributed by atoms with Gasteiger partial charge in [0.25, 0.3) is 5.91 Å². The molecular formula is C30H34N4O2. The second-order valence-corrected chi connectivity index (χ2v) is 9.87. The van der Waals surface area contributed by atoms with E-state index in [4.69, 9.17) is 0 Å². The van der Waals surface area contributed by atoms with Crippen molar-refractivity contribution < 1.29 is 9.59 Å². The average Bonchev–Trinajstić information content (AvgIpc) is 3.19. The molecule has 5 rings (SSSR count). The highest BCUT2D eigenvalue weighted by atomic mass is 16.2. The van der Waals surface area contributed by atoms with E-state index in [1.807, 2.05) is 47.4 Å². The molecular weight excluding hydrogens is 448 g/mol. The molecule has 6 nitrogen and oxygen atoms in total. The number of rotatable bonds is 6. The number of hydrogen-bond donors (Lipinski definition) is 0. The number of fused-ring (bicyclic) bond motifs is 1. The Morgan fingerprint density at radius 1 is 0.917 bits per heavy atom. The second-order valence-electron chi connectivity index (χ2n) is 9.87. The van der Waals surface area contributed by atoms with Crippen LogP contribution in [0.25, 0.3) is 11.1 Å². The van der Waals surface area contributed by atoms with E-state index in [1.165, 1.54) is 0 Å². The van der Waals surface area contributed by atoms with Crippen LogP contribution in [0.4, 0.5) is 5.82 Å². The van der Waals surface area contributed by atoms with Crippen LogP contribution in [0, 0.1) is 5.92 Å². The summed E-state index contributed by atoms with van der Waals surface area (Å²) in [5.74, 6) is 1.53. The van der Waals surface area contributed by atoms with Crippen LogP contribution in [0.3, 0.4) is 0 Å². The van der Waals surface area contributed by atoms with E-state index in [1.54, 1.807) is 6.33 Å². The Bertz CT molecular complexity index is 1210. The maximum Gasteiger partial charge on any atom is 0.254 e. The highest BCUT2D eigenvalue weighted by molar-refractivity contribution is 5.95. The number of carbonyl (C=O) groups excluding carboxylic acids is 2. The molecule has 2 aliphatic heterocycles. The molecule has 0 spiro atoms. The van der Waals surface area contributed by atoms with Crippen molar-refractivity contribution in [1.82, 2.24) is 14.9 Å². The Kier molecular flexibility index (Phi) is 7.40. The first-order chi connectivity index (χ1) is 17.6. The molecule has 0 N–H and O–H groups in total. The molecule has 1 saturated heterocycles. The number of anilines is 1. The topological polar surface area (TPSA) is 66.4 Å². The zero-order valence-electron chi connectivity index (χ0n) is 21.0. The molecule has 2 aromatic carbocycles. The third-order valence-electron chi connectivity index (χ3n) is 7.48. The molecule has 186 valence electrons. The van der Waals surface area contributed by atoms with Crippen LogP contribution in [0.5, 0.6) is 0 Å². The quantitative estimate of drug-likeness (QED) is 0.476. The summed E-state index contributed by atoms with van der Waals surface area (Å²) in [6.07, 6.45) is 6.77. The van der Waals surface area contributed by atoms with Gasteiger partial charge >= 0.3 is 0 Å². The van der Waals surface area contributed by atoms with Gasteiger partial charge in [0, 0.05) is 49.5 Å². The van der Waals surface area contributed by atoms with Crippen LogP contribution in [-0.2, 0) is 17.8 Å². The standard InChI is InChI=1S/C30H34N4O2/c1-2-7-28(35)24-10-6-17-33(18-15-24)29-26-20-34(19-16-27(26)31-21-32-29)30(36)25-13-11-23(12-14-25)22-8-4-3-5-9-22/h3-5,8-9,11-14,21,24H,2,6-7,10,15-20H2,1H3. The Morgan fingerprint density at radius 3 is 2.47 bits per heavy atom. The van der Waals surface area contributed by atoms with Crippen LogP contribution in [0.15, 0.2) is 60.9 Å². The third kappa shape index (κ3) is 5.18. The van der Waals surface area contributed by atoms with Gasteiger partial charge in [-0.2, -0.15) is 0 Å². The van der Waals surface area contributed by atoms with E-state index in [2.05, 4.69) is 33.9 Å². The van der Waals surface area contributed by atoms with Crippen molar-refractivity contribution in [3.63, 3.8) is 0 Å². The van der Waals surface area contributed by atoms with E-state index < -0.39 is 0 Å². The van der Waals surface area contributed by atoms with Gasteiger partial charge in [0.15, 0.2) is 0 Å². The van der Waals surface area contributed by atoms with E-state index in [0.29, 0.717) is 30.9 Å². The predicted octanol–water partition coefficient (Wildman–Crippen LogP) is 5.32. The minimum atomic E-state index is 0.0381. The van der Waals surface area contributed by atoms with Gasteiger partial charge in [-0.1, -0.05) is 49.4 Å². The van der Waals surface area contributed by atoms with Crippen molar-refractivity contribution in [1.29, 1.82) is 0 Å². The highest BCUT2D eigenvalue weighted by Gasteiger charge is 2.29. The van der Waals surface area contributed by atoms with Crippen LogP contribution >= 0.6 is 0 Å². The predicted molar refractivity (Wildman–Crippen MR) is 142 cm³/mol. The molecule has 36 heavy (non-hydrogen) atoms. The minimum absolute atomic E-state index is 0.0381. The van der Waals surface area contributed by atoms with Gasteiger partial charge in [0.2, 0.25) is 0 Å². The molecule has 3 aromatic rings. The summed E-state index contributed by atoms with van der Waals surface area (Å²) in [7, 11) is 0. The summed E-state index contributed by atoms with van der Waals surface area (Å²) in [5, 5.41) is 0. The van der Waals surface area contributed by atoms with Crippen molar-refractivity contribution in [3.8, 4) is 11.1 Å². The number of amides is 1. The molecule has 3 heterocycles. The first kappa shape index (κ1) is 24.2. The number of hydrogen-bond acceptors (Lipinski definition) is 5. The largest absolute Gasteiger partial charge is 0.356 e. The zero-order valence-corrected chi connectivity index (χ0v) is 21.0. The molecule has 0 bridgehead atoms. The smallest absolute Gasteiger partial charge is 0.254 e. The van der Waals surface area contributed by atoms with E-state index in [-0.39, 0.29) is 11.8 Å². The van der Waals surface area contributed by atoms with Crippen molar-refractivity contribution >= 4 is 17.5 Å². The Morgan fingerprint density at radius 2 is 1.69 bits per heavy atom. The summed E-state index contributed by atoms with van der Waals surface area (Å²) in [6, 6.07) is 18.1. The molecule has 0 aliphatic carbocycles. The van der Waals surface area contributed by atoms with Crippen LogP contribution < -0.4 is 4.90 Å². The van der Waals surface area contributed by atoms with Crippen LogP contribution in [-0.4, -0.2) is 46.2 Å². The lowest BCUT2D eigenvalue weighted by atomic mass is 9.93. The normalized spacial score (nSPS) is 17.9. The van der Waals surface area contributed by atoms with Crippen molar-refractivity contribution in [2.75, 3.05) is 24.5 Å². The lowest BCUT2D eigenvalue weighted by molar-refractivity contribution is -0.123. The number of carbonyl (C=O) groups is 2. The van der Waals surface area contributed by atoms with E-state index >= 15 is 0 Å². The average molecular weight is 483 g/mol. The SMILES string of the molecule is CCCC(=O)C1CCCN(c2ncnc3c2CN(C(=O)c2ccc(-c4ccccc4)cc2)CC3)CC1. The van der Waals surface area contributed by atoms with Gasteiger partial charge in [-0.05, 0) is 48.9 Å². The summed E-state index contributed by atoms with van der Waals surface area (Å²) >= 11 is 0. The fraction of sp³-hybridized carbons (Fsp3) is 0.400. The lowest BCUT2D eigenvalue weighted by Crippen LogP contribution is -2.38.